The van der Waals surface area contributed by atoms with E-state index >= 15 is 0 Å². The average molecular weight is 206 g/mol. The molecule has 0 saturated carbocycles. The molecule has 4 N–H and O–H groups in total. The molecule has 0 unspecified atom stereocenters. The molecule has 0 amide bonds. The van der Waals surface area contributed by atoms with Crippen LogP contribution in [0.25, 0.3) is 0 Å². The van der Waals surface area contributed by atoms with E-state index in [-0.39, 0.29) is 0 Å². The Bertz CT molecular complexity index is 369. The van der Waals surface area contributed by atoms with E-state index in [1.807, 2.05) is 18.2 Å². The van der Waals surface area contributed by atoms with Crippen LogP contribution in [-0.4, -0.2) is 5.11 Å². The van der Waals surface area contributed by atoms with E-state index in [1.165, 1.54) is 0 Å². The minimum atomic E-state index is 0.359. The third-order valence-electron chi connectivity index (χ3n) is 1.71. The number of nitrogens with zero attached hydrogens (tertiary/aromatic N) is 1. The molecule has 14 heavy (non-hydrogen) atoms. The Morgan fingerprint density at radius 3 is 2.86 bits per heavy atom. The van der Waals surface area contributed by atoms with E-state index in [9.17, 15) is 0 Å². The van der Waals surface area contributed by atoms with Crippen LogP contribution in [-0.2, 0) is 6.54 Å². The van der Waals surface area contributed by atoms with E-state index in [0.29, 0.717) is 17.2 Å². The van der Waals surface area contributed by atoms with Gasteiger partial charge in [0, 0.05) is 6.54 Å². The van der Waals surface area contributed by atoms with Gasteiger partial charge in [0.05, 0.1) is 11.6 Å². The van der Waals surface area contributed by atoms with Gasteiger partial charge in [0.1, 0.15) is 0 Å². The van der Waals surface area contributed by atoms with Crippen molar-refractivity contribution < 1.29 is 0 Å². The summed E-state index contributed by atoms with van der Waals surface area (Å²) in [6.45, 7) is 0.493. The fraction of sp³-hybridized carbons (Fsp3) is 0.111. The molecule has 4 nitrogen and oxygen atoms in total. The summed E-state index contributed by atoms with van der Waals surface area (Å²) in [4.78, 5) is 0. The Morgan fingerprint density at radius 1 is 1.50 bits per heavy atom. The molecule has 0 aromatic heterocycles. The third kappa shape index (κ3) is 2.69. The standard InChI is InChI=1S/C9H10N4S/c10-5-7-3-1-2-4-8(7)6-12-9(14)13-11/h1-4H,6,11H2,(H2,12,13,14). The summed E-state index contributed by atoms with van der Waals surface area (Å²) in [5.41, 5.74) is 3.84. The van der Waals surface area contributed by atoms with Crippen molar-refractivity contribution in [1.82, 2.24) is 10.7 Å². The summed E-state index contributed by atoms with van der Waals surface area (Å²) in [7, 11) is 0. The second kappa shape index (κ2) is 5.17. The second-order valence-electron chi connectivity index (χ2n) is 2.60. The Hall–Kier alpha value is -1.64. The molecule has 0 fully saturated rings. The minimum absolute atomic E-state index is 0.359. The topological polar surface area (TPSA) is 73.9 Å². The molecule has 0 aliphatic heterocycles. The lowest BCUT2D eigenvalue weighted by Crippen LogP contribution is -2.39. The van der Waals surface area contributed by atoms with Crippen molar-refractivity contribution in [3.05, 3.63) is 35.4 Å². The van der Waals surface area contributed by atoms with Crippen molar-refractivity contribution in [2.24, 2.45) is 5.84 Å². The van der Waals surface area contributed by atoms with Crippen LogP contribution in [0.4, 0.5) is 0 Å². The Morgan fingerprint density at radius 2 is 2.21 bits per heavy atom. The molecule has 0 spiro atoms. The van der Waals surface area contributed by atoms with Gasteiger partial charge in [0.25, 0.3) is 0 Å². The van der Waals surface area contributed by atoms with E-state index in [1.54, 1.807) is 6.07 Å². The normalized spacial score (nSPS) is 8.86. The highest BCUT2D eigenvalue weighted by Gasteiger charge is 2.00. The Kier molecular flexibility index (Phi) is 3.85. The first-order chi connectivity index (χ1) is 6.77. The number of hydrogen-bond donors (Lipinski definition) is 3. The predicted octanol–water partition coefficient (Wildman–Crippen LogP) is 0.396. The molecule has 1 aromatic carbocycles. The molecule has 0 heterocycles. The van der Waals surface area contributed by atoms with Crippen LogP contribution in [0.15, 0.2) is 24.3 Å². The molecule has 0 bridgehead atoms. The van der Waals surface area contributed by atoms with Gasteiger partial charge in [0.15, 0.2) is 5.11 Å². The summed E-state index contributed by atoms with van der Waals surface area (Å²) in [6.07, 6.45) is 0. The fourth-order valence-electron chi connectivity index (χ4n) is 1.01. The van der Waals surface area contributed by atoms with Gasteiger partial charge in [-0.25, -0.2) is 5.84 Å². The van der Waals surface area contributed by atoms with E-state index < -0.39 is 0 Å². The van der Waals surface area contributed by atoms with Gasteiger partial charge in [-0.05, 0) is 23.8 Å². The number of thiocarbonyl (C=S) groups is 1. The lowest BCUT2D eigenvalue weighted by atomic mass is 10.1. The van der Waals surface area contributed by atoms with Crippen LogP contribution < -0.4 is 16.6 Å². The zero-order valence-corrected chi connectivity index (χ0v) is 8.27. The molecule has 0 radical (unpaired) electrons. The molecule has 0 atom stereocenters. The molecular formula is C9H10N4S. The highest BCUT2D eigenvalue weighted by Crippen LogP contribution is 2.06. The van der Waals surface area contributed by atoms with Gasteiger partial charge >= 0.3 is 0 Å². The molecular weight excluding hydrogens is 196 g/mol. The molecule has 1 rings (SSSR count). The monoisotopic (exact) mass is 206 g/mol. The molecule has 0 aliphatic carbocycles. The van der Waals surface area contributed by atoms with Gasteiger partial charge in [0.2, 0.25) is 0 Å². The van der Waals surface area contributed by atoms with Crippen LogP contribution in [0.5, 0.6) is 0 Å². The number of nitrogens with two attached hydrogens (primary N) is 1. The fourth-order valence-corrected chi connectivity index (χ4v) is 1.08. The molecule has 72 valence electrons. The summed E-state index contributed by atoms with van der Waals surface area (Å²) in [5.74, 6) is 5.09. The van der Waals surface area contributed by atoms with Crippen LogP contribution in [0.1, 0.15) is 11.1 Å². The van der Waals surface area contributed by atoms with Gasteiger partial charge in [-0.2, -0.15) is 5.26 Å². The van der Waals surface area contributed by atoms with Crippen LogP contribution in [0.2, 0.25) is 0 Å². The first kappa shape index (κ1) is 10.4. The van der Waals surface area contributed by atoms with Crippen LogP contribution >= 0.6 is 12.2 Å². The van der Waals surface area contributed by atoms with Crippen molar-refractivity contribution in [3.8, 4) is 6.07 Å². The van der Waals surface area contributed by atoms with Crippen molar-refractivity contribution in [2.45, 2.75) is 6.54 Å². The molecule has 5 heteroatoms. The molecule has 0 saturated heterocycles. The second-order valence-corrected chi connectivity index (χ2v) is 3.00. The zero-order valence-electron chi connectivity index (χ0n) is 7.45. The Labute approximate surface area is 87.7 Å². The Balaban J connectivity index is 2.68. The highest BCUT2D eigenvalue weighted by atomic mass is 32.1. The number of rotatable bonds is 2. The zero-order chi connectivity index (χ0) is 10.4. The molecule has 1 aromatic rings. The number of nitriles is 1. The lowest BCUT2D eigenvalue weighted by molar-refractivity contribution is 0.864. The quantitative estimate of drug-likeness (QED) is 0.371. The van der Waals surface area contributed by atoms with Gasteiger partial charge in [-0.1, -0.05) is 18.2 Å². The van der Waals surface area contributed by atoms with Gasteiger partial charge in [-0.15, -0.1) is 0 Å². The molecule has 0 aliphatic rings. The van der Waals surface area contributed by atoms with E-state index in [0.717, 1.165) is 5.56 Å². The summed E-state index contributed by atoms with van der Waals surface area (Å²) < 4.78 is 0. The summed E-state index contributed by atoms with van der Waals surface area (Å²) >= 11 is 4.80. The van der Waals surface area contributed by atoms with Crippen molar-refractivity contribution in [1.29, 1.82) is 5.26 Å². The maximum Gasteiger partial charge on any atom is 0.180 e. The largest absolute Gasteiger partial charge is 0.358 e. The number of nitrogens with one attached hydrogen (secondary N) is 2. The van der Waals surface area contributed by atoms with Crippen LogP contribution in [0, 0.1) is 11.3 Å². The highest BCUT2D eigenvalue weighted by molar-refractivity contribution is 7.80. The average Bonchev–Trinajstić information content (AvgIpc) is 2.26. The number of hydrogen-bond acceptors (Lipinski definition) is 3. The van der Waals surface area contributed by atoms with E-state index in [4.69, 9.17) is 23.3 Å². The van der Waals surface area contributed by atoms with E-state index in [2.05, 4.69) is 16.8 Å². The van der Waals surface area contributed by atoms with Gasteiger partial charge < -0.3 is 10.7 Å². The lowest BCUT2D eigenvalue weighted by Gasteiger charge is -2.07. The first-order valence-electron chi connectivity index (χ1n) is 4.00. The number of benzene rings is 1. The summed E-state index contributed by atoms with van der Waals surface area (Å²) in [6, 6.07) is 9.42. The predicted molar refractivity (Wildman–Crippen MR) is 57.9 cm³/mol. The first-order valence-corrected chi connectivity index (χ1v) is 4.41. The smallest absolute Gasteiger partial charge is 0.180 e. The third-order valence-corrected chi connectivity index (χ3v) is 1.97. The SMILES string of the molecule is N#Cc1ccccc1CNC(=S)NN. The maximum absolute atomic E-state index is 8.79. The van der Waals surface area contributed by atoms with Crippen molar-refractivity contribution in [2.75, 3.05) is 0 Å². The summed E-state index contributed by atoms with van der Waals surface area (Å²) in [5, 5.41) is 12.0. The number of hydrazine groups is 1. The van der Waals surface area contributed by atoms with Crippen molar-refractivity contribution in [3.63, 3.8) is 0 Å². The maximum atomic E-state index is 8.79. The van der Waals surface area contributed by atoms with Gasteiger partial charge in [-0.3, -0.25) is 0 Å². The van der Waals surface area contributed by atoms with Crippen molar-refractivity contribution >= 4 is 17.3 Å². The van der Waals surface area contributed by atoms with Crippen LogP contribution in [0.3, 0.4) is 0 Å². The minimum Gasteiger partial charge on any atom is -0.358 e.